The van der Waals surface area contributed by atoms with Gasteiger partial charge in [-0.1, -0.05) is 72.8 Å². The molecule has 3 aromatic carbocycles. The van der Waals surface area contributed by atoms with Gasteiger partial charge >= 0.3 is 0 Å². The van der Waals surface area contributed by atoms with Crippen molar-refractivity contribution in [1.29, 1.82) is 0 Å². The SMILES string of the molecule is O=C1c2ccccc2[C@]2(CCCc3ccccc32)N1[C@@H](CO)c1ccccc1. The van der Waals surface area contributed by atoms with Crippen LogP contribution in [-0.2, 0) is 12.0 Å². The molecule has 0 fully saturated rings. The molecule has 1 spiro atoms. The minimum Gasteiger partial charge on any atom is -0.394 e. The van der Waals surface area contributed by atoms with E-state index in [1.54, 1.807) is 0 Å². The Morgan fingerprint density at radius 1 is 0.893 bits per heavy atom. The summed E-state index contributed by atoms with van der Waals surface area (Å²) >= 11 is 0. The molecule has 3 nitrogen and oxygen atoms in total. The fourth-order valence-electron chi connectivity index (χ4n) is 5.22. The van der Waals surface area contributed by atoms with Crippen LogP contribution >= 0.6 is 0 Å². The molecule has 0 aromatic heterocycles. The molecule has 140 valence electrons. The predicted octanol–water partition coefficient (Wildman–Crippen LogP) is 4.46. The summed E-state index contributed by atoms with van der Waals surface area (Å²) in [6.07, 6.45) is 2.91. The normalized spacial score (nSPS) is 21.5. The highest BCUT2D eigenvalue weighted by Crippen LogP contribution is 2.53. The standard InChI is InChI=1S/C25H23NO2/c27-17-23(19-10-2-1-3-11-19)26-24(28)20-13-5-7-15-22(20)25(26)16-8-12-18-9-4-6-14-21(18)25/h1-7,9-11,13-15,23,27H,8,12,16-17H2/t23-,25+/m0/s1. The van der Waals surface area contributed by atoms with Gasteiger partial charge in [-0.25, -0.2) is 0 Å². The number of hydrogen-bond acceptors (Lipinski definition) is 2. The average molecular weight is 369 g/mol. The first kappa shape index (κ1) is 17.2. The van der Waals surface area contributed by atoms with Gasteiger partial charge in [0.25, 0.3) is 5.91 Å². The van der Waals surface area contributed by atoms with E-state index in [0.717, 1.165) is 36.0 Å². The number of aliphatic hydroxyl groups is 1. The molecule has 0 unspecified atom stereocenters. The van der Waals surface area contributed by atoms with E-state index >= 15 is 0 Å². The second-order valence-corrected chi connectivity index (χ2v) is 7.70. The molecule has 2 aliphatic rings. The number of benzene rings is 3. The molecule has 1 amide bonds. The smallest absolute Gasteiger partial charge is 0.255 e. The third-order valence-electron chi connectivity index (χ3n) is 6.35. The third-order valence-corrected chi connectivity index (χ3v) is 6.35. The molecule has 1 aliphatic heterocycles. The van der Waals surface area contributed by atoms with Crippen molar-refractivity contribution in [2.24, 2.45) is 0 Å². The maximum Gasteiger partial charge on any atom is 0.255 e. The molecule has 1 N–H and O–H groups in total. The number of nitrogens with zero attached hydrogens (tertiary/aromatic N) is 1. The Balaban J connectivity index is 1.79. The number of aliphatic hydroxyl groups excluding tert-OH is 1. The van der Waals surface area contributed by atoms with Crippen LogP contribution in [0.2, 0.25) is 0 Å². The number of amides is 1. The van der Waals surface area contributed by atoms with Crippen molar-refractivity contribution in [2.45, 2.75) is 30.8 Å². The maximum atomic E-state index is 13.7. The Labute approximate surface area is 165 Å². The molecular formula is C25H23NO2. The van der Waals surface area contributed by atoms with Crippen LogP contribution < -0.4 is 0 Å². The van der Waals surface area contributed by atoms with E-state index in [1.165, 1.54) is 11.1 Å². The zero-order valence-corrected chi connectivity index (χ0v) is 15.7. The largest absolute Gasteiger partial charge is 0.394 e. The van der Waals surface area contributed by atoms with Gasteiger partial charge in [-0.05, 0) is 47.6 Å². The van der Waals surface area contributed by atoms with Crippen LogP contribution in [0.1, 0.15) is 51.5 Å². The lowest BCUT2D eigenvalue weighted by molar-refractivity contribution is 0.0293. The molecule has 0 saturated heterocycles. The molecule has 0 saturated carbocycles. The lowest BCUT2D eigenvalue weighted by Gasteiger charge is -2.47. The first-order valence-electron chi connectivity index (χ1n) is 9.95. The van der Waals surface area contributed by atoms with Gasteiger partial charge in [0.15, 0.2) is 0 Å². The first-order chi connectivity index (χ1) is 13.8. The molecule has 2 atom stereocenters. The number of carbonyl (C=O) groups excluding carboxylic acids is 1. The molecule has 0 radical (unpaired) electrons. The first-order valence-corrected chi connectivity index (χ1v) is 9.95. The van der Waals surface area contributed by atoms with Gasteiger partial charge in [-0.2, -0.15) is 0 Å². The molecule has 5 rings (SSSR count). The van der Waals surface area contributed by atoms with Crippen LogP contribution in [-0.4, -0.2) is 22.5 Å². The fourth-order valence-corrected chi connectivity index (χ4v) is 5.22. The van der Waals surface area contributed by atoms with Gasteiger partial charge in [0.05, 0.1) is 18.2 Å². The number of aryl methyl sites for hydroxylation is 1. The van der Waals surface area contributed by atoms with Crippen LogP contribution in [0.15, 0.2) is 78.9 Å². The maximum absolute atomic E-state index is 13.7. The zero-order valence-electron chi connectivity index (χ0n) is 15.7. The van der Waals surface area contributed by atoms with Crippen LogP contribution in [0.5, 0.6) is 0 Å². The molecule has 1 aliphatic carbocycles. The third kappa shape index (κ3) is 2.29. The second-order valence-electron chi connectivity index (χ2n) is 7.70. The monoisotopic (exact) mass is 369 g/mol. The lowest BCUT2D eigenvalue weighted by atomic mass is 9.71. The molecular weight excluding hydrogens is 346 g/mol. The number of rotatable bonds is 3. The van der Waals surface area contributed by atoms with Gasteiger partial charge < -0.3 is 10.0 Å². The van der Waals surface area contributed by atoms with Gasteiger partial charge in [0, 0.05) is 5.56 Å². The van der Waals surface area contributed by atoms with E-state index in [1.807, 2.05) is 53.4 Å². The highest BCUT2D eigenvalue weighted by atomic mass is 16.3. The zero-order chi connectivity index (χ0) is 19.1. The summed E-state index contributed by atoms with van der Waals surface area (Å²) in [5.41, 5.74) is 4.77. The van der Waals surface area contributed by atoms with Gasteiger partial charge in [-0.3, -0.25) is 4.79 Å². The quantitative estimate of drug-likeness (QED) is 0.741. The van der Waals surface area contributed by atoms with E-state index < -0.39 is 5.54 Å². The van der Waals surface area contributed by atoms with E-state index in [0.29, 0.717) is 0 Å². The summed E-state index contributed by atoms with van der Waals surface area (Å²) in [7, 11) is 0. The molecule has 0 bridgehead atoms. The number of carbonyl (C=O) groups is 1. The predicted molar refractivity (Wildman–Crippen MR) is 109 cm³/mol. The van der Waals surface area contributed by atoms with E-state index in [2.05, 4.69) is 30.3 Å². The minimum atomic E-state index is -0.522. The Bertz CT molecular complexity index is 1030. The second kappa shape index (κ2) is 6.61. The summed E-state index contributed by atoms with van der Waals surface area (Å²) in [6.45, 7) is -0.104. The van der Waals surface area contributed by atoms with E-state index in [4.69, 9.17) is 0 Å². The lowest BCUT2D eigenvalue weighted by Crippen LogP contribution is -2.49. The summed E-state index contributed by atoms with van der Waals surface area (Å²) in [5.74, 6) is 0.00945. The molecule has 3 heteroatoms. The van der Waals surface area contributed by atoms with Crippen LogP contribution in [0.25, 0.3) is 0 Å². The minimum absolute atomic E-state index is 0.00945. The average Bonchev–Trinajstić information content (AvgIpc) is 3.00. The Kier molecular flexibility index (Phi) is 4.06. The van der Waals surface area contributed by atoms with Crippen molar-refractivity contribution in [2.75, 3.05) is 6.61 Å². The van der Waals surface area contributed by atoms with Crippen LogP contribution in [0.3, 0.4) is 0 Å². The highest BCUT2D eigenvalue weighted by molar-refractivity contribution is 6.01. The van der Waals surface area contributed by atoms with Crippen LogP contribution in [0.4, 0.5) is 0 Å². The fraction of sp³-hybridized carbons (Fsp3) is 0.240. The number of hydrogen-bond donors (Lipinski definition) is 1. The Morgan fingerprint density at radius 2 is 1.57 bits per heavy atom. The summed E-state index contributed by atoms with van der Waals surface area (Å²) in [5, 5.41) is 10.4. The molecule has 1 heterocycles. The van der Waals surface area contributed by atoms with Crippen molar-refractivity contribution in [3.63, 3.8) is 0 Å². The summed E-state index contributed by atoms with van der Waals surface area (Å²) in [6, 6.07) is 26.0. The molecule has 3 aromatic rings. The summed E-state index contributed by atoms with van der Waals surface area (Å²) < 4.78 is 0. The van der Waals surface area contributed by atoms with Crippen molar-refractivity contribution >= 4 is 5.91 Å². The van der Waals surface area contributed by atoms with Gasteiger partial charge in [0.1, 0.15) is 0 Å². The Hall–Kier alpha value is -2.91. The Morgan fingerprint density at radius 3 is 2.36 bits per heavy atom. The van der Waals surface area contributed by atoms with Crippen molar-refractivity contribution in [1.82, 2.24) is 4.90 Å². The van der Waals surface area contributed by atoms with Crippen molar-refractivity contribution in [3.05, 3.63) is 107 Å². The van der Waals surface area contributed by atoms with Crippen molar-refractivity contribution < 1.29 is 9.90 Å². The van der Waals surface area contributed by atoms with Crippen molar-refractivity contribution in [3.8, 4) is 0 Å². The van der Waals surface area contributed by atoms with E-state index in [9.17, 15) is 9.90 Å². The van der Waals surface area contributed by atoms with Crippen LogP contribution in [0, 0.1) is 0 Å². The van der Waals surface area contributed by atoms with E-state index in [-0.39, 0.29) is 18.6 Å². The summed E-state index contributed by atoms with van der Waals surface area (Å²) in [4.78, 5) is 15.6. The number of fused-ring (bicyclic) bond motifs is 4. The van der Waals surface area contributed by atoms with Gasteiger partial charge in [-0.15, -0.1) is 0 Å². The van der Waals surface area contributed by atoms with Gasteiger partial charge in [0.2, 0.25) is 0 Å². The highest BCUT2D eigenvalue weighted by Gasteiger charge is 2.54. The molecule has 28 heavy (non-hydrogen) atoms. The topological polar surface area (TPSA) is 40.5 Å².